The van der Waals surface area contributed by atoms with Gasteiger partial charge in [0.1, 0.15) is 0 Å². The Morgan fingerprint density at radius 3 is 2.62 bits per heavy atom. The smallest absolute Gasteiger partial charge is 0.416 e. The molecule has 2 heterocycles. The normalized spacial score (nSPS) is 17.4. The van der Waals surface area contributed by atoms with Gasteiger partial charge in [0.15, 0.2) is 0 Å². The zero-order valence-corrected chi connectivity index (χ0v) is 20.3. The van der Waals surface area contributed by atoms with Crippen molar-refractivity contribution in [3.63, 3.8) is 0 Å². The van der Waals surface area contributed by atoms with Gasteiger partial charge in [0.25, 0.3) is 0 Å². The standard InChI is InChI=1S/C26H29F3N2O2S/c1-25(2,3)30-13-16-5-4-10-31(14-16)22-9-6-17(11-20(22)24(32)33)21-15-34-23-12-18(26(27,28)29)7-8-19(21)23/h6-9,11-12,15-16,30H,4-5,10,13-14H2,1-3H3,(H,32,33)/t16-/m0/s1. The summed E-state index contributed by atoms with van der Waals surface area (Å²) in [6, 6.07) is 9.05. The number of hydrogen-bond acceptors (Lipinski definition) is 4. The summed E-state index contributed by atoms with van der Waals surface area (Å²) in [6.07, 6.45) is -2.31. The quantitative estimate of drug-likeness (QED) is 0.409. The van der Waals surface area contributed by atoms with E-state index in [1.165, 1.54) is 17.4 Å². The summed E-state index contributed by atoms with van der Waals surface area (Å²) in [5, 5.41) is 16.0. The molecule has 0 amide bonds. The number of benzene rings is 2. The fraction of sp³-hybridized carbons (Fsp3) is 0.423. The summed E-state index contributed by atoms with van der Waals surface area (Å²) in [7, 11) is 0. The minimum Gasteiger partial charge on any atom is -0.478 e. The molecule has 1 aromatic heterocycles. The second kappa shape index (κ2) is 9.23. The van der Waals surface area contributed by atoms with Crippen LogP contribution in [-0.2, 0) is 6.18 Å². The average molecular weight is 491 g/mol. The first-order valence-corrected chi connectivity index (χ1v) is 12.3. The summed E-state index contributed by atoms with van der Waals surface area (Å²) < 4.78 is 39.7. The van der Waals surface area contributed by atoms with Gasteiger partial charge in [0.2, 0.25) is 0 Å². The number of hydrogen-bond donors (Lipinski definition) is 2. The van der Waals surface area contributed by atoms with Crippen molar-refractivity contribution >= 4 is 33.1 Å². The molecule has 0 radical (unpaired) electrons. The van der Waals surface area contributed by atoms with E-state index < -0.39 is 17.7 Å². The number of rotatable bonds is 5. The van der Waals surface area contributed by atoms with Crippen molar-refractivity contribution in [3.05, 3.63) is 52.9 Å². The minimum absolute atomic E-state index is 0.0281. The molecule has 3 aromatic rings. The van der Waals surface area contributed by atoms with E-state index in [0.29, 0.717) is 27.3 Å². The Balaban J connectivity index is 1.63. The predicted molar refractivity (Wildman–Crippen MR) is 132 cm³/mol. The van der Waals surface area contributed by atoms with Gasteiger partial charge in [-0.3, -0.25) is 0 Å². The summed E-state index contributed by atoms with van der Waals surface area (Å²) in [5.41, 5.74) is 1.68. The molecular weight excluding hydrogens is 461 g/mol. The van der Waals surface area contributed by atoms with E-state index in [1.807, 2.05) is 12.1 Å². The second-order valence-corrected chi connectivity index (χ2v) is 10.9. The Kier molecular flexibility index (Phi) is 6.66. The minimum atomic E-state index is -4.40. The number of piperidine rings is 1. The molecule has 0 unspecified atom stereocenters. The van der Waals surface area contributed by atoms with Crippen LogP contribution < -0.4 is 10.2 Å². The van der Waals surface area contributed by atoms with Gasteiger partial charge in [-0.2, -0.15) is 13.2 Å². The number of aromatic carboxylic acids is 1. The number of carboxylic acids is 1. The SMILES string of the molecule is CC(C)(C)NC[C@@H]1CCCN(c2ccc(-c3csc4cc(C(F)(F)F)ccc34)cc2C(=O)O)C1. The van der Waals surface area contributed by atoms with Crippen LogP contribution in [0, 0.1) is 5.92 Å². The number of alkyl halides is 3. The summed E-state index contributed by atoms with van der Waals surface area (Å²) >= 11 is 1.23. The van der Waals surface area contributed by atoms with Crippen LogP contribution in [-0.4, -0.2) is 36.2 Å². The van der Waals surface area contributed by atoms with Gasteiger partial charge in [-0.1, -0.05) is 12.1 Å². The van der Waals surface area contributed by atoms with Crippen molar-refractivity contribution in [1.29, 1.82) is 0 Å². The number of carbonyl (C=O) groups is 1. The van der Waals surface area contributed by atoms with Crippen LogP contribution in [0.25, 0.3) is 21.2 Å². The van der Waals surface area contributed by atoms with Crippen LogP contribution in [0.1, 0.15) is 49.5 Å². The first-order valence-electron chi connectivity index (χ1n) is 11.4. The molecule has 2 N–H and O–H groups in total. The molecule has 1 fully saturated rings. The molecule has 34 heavy (non-hydrogen) atoms. The summed E-state index contributed by atoms with van der Waals surface area (Å²) in [6.45, 7) is 8.85. The molecule has 0 bridgehead atoms. The monoisotopic (exact) mass is 490 g/mol. The highest BCUT2D eigenvalue weighted by atomic mass is 32.1. The van der Waals surface area contributed by atoms with Gasteiger partial charge >= 0.3 is 12.1 Å². The number of fused-ring (bicyclic) bond motifs is 1. The topological polar surface area (TPSA) is 52.6 Å². The lowest BCUT2D eigenvalue weighted by atomic mass is 9.94. The number of anilines is 1. The van der Waals surface area contributed by atoms with E-state index in [9.17, 15) is 23.1 Å². The number of nitrogens with one attached hydrogen (secondary N) is 1. The number of thiophene rings is 1. The van der Waals surface area contributed by atoms with Crippen LogP contribution in [0.2, 0.25) is 0 Å². The van der Waals surface area contributed by atoms with Crippen LogP contribution >= 0.6 is 11.3 Å². The summed E-state index contributed by atoms with van der Waals surface area (Å²) in [5.74, 6) is -0.580. The zero-order valence-electron chi connectivity index (χ0n) is 19.5. The number of halogens is 3. The van der Waals surface area contributed by atoms with Crippen molar-refractivity contribution in [2.24, 2.45) is 5.92 Å². The van der Waals surface area contributed by atoms with Gasteiger partial charge in [-0.15, -0.1) is 11.3 Å². The molecule has 182 valence electrons. The maximum atomic E-state index is 13.1. The van der Waals surface area contributed by atoms with E-state index in [4.69, 9.17) is 0 Å². The van der Waals surface area contributed by atoms with Crippen LogP contribution in [0.5, 0.6) is 0 Å². The molecule has 4 rings (SSSR count). The van der Waals surface area contributed by atoms with Crippen LogP contribution in [0.3, 0.4) is 0 Å². The van der Waals surface area contributed by atoms with Gasteiger partial charge in [-0.05, 0) is 74.7 Å². The Morgan fingerprint density at radius 1 is 1.18 bits per heavy atom. The zero-order chi connectivity index (χ0) is 24.7. The van der Waals surface area contributed by atoms with E-state index in [-0.39, 0.29) is 11.1 Å². The average Bonchev–Trinajstić information content (AvgIpc) is 3.20. The Bertz CT molecular complexity index is 1200. The molecule has 1 atom stereocenters. The molecule has 1 aliphatic rings. The van der Waals surface area contributed by atoms with E-state index in [0.717, 1.165) is 50.2 Å². The highest BCUT2D eigenvalue weighted by Gasteiger charge is 2.31. The largest absolute Gasteiger partial charge is 0.478 e. The highest BCUT2D eigenvalue weighted by molar-refractivity contribution is 7.17. The third kappa shape index (κ3) is 5.39. The van der Waals surface area contributed by atoms with Crippen molar-refractivity contribution in [1.82, 2.24) is 5.32 Å². The van der Waals surface area contributed by atoms with Crippen molar-refractivity contribution < 1.29 is 23.1 Å². The van der Waals surface area contributed by atoms with Gasteiger partial charge in [0.05, 0.1) is 16.8 Å². The third-order valence-electron chi connectivity index (χ3n) is 6.22. The molecule has 2 aromatic carbocycles. The van der Waals surface area contributed by atoms with Crippen LogP contribution in [0.15, 0.2) is 41.8 Å². The third-order valence-corrected chi connectivity index (χ3v) is 7.17. The molecule has 8 heteroatoms. The van der Waals surface area contributed by atoms with Gasteiger partial charge < -0.3 is 15.3 Å². The molecule has 0 saturated carbocycles. The number of nitrogens with zero attached hydrogens (tertiary/aromatic N) is 1. The molecular formula is C26H29F3N2O2S. The molecule has 1 aliphatic heterocycles. The van der Waals surface area contributed by atoms with Crippen molar-refractivity contribution in [2.75, 3.05) is 24.5 Å². The van der Waals surface area contributed by atoms with Crippen molar-refractivity contribution in [3.8, 4) is 11.1 Å². The maximum Gasteiger partial charge on any atom is 0.416 e. The first kappa shape index (κ1) is 24.5. The fourth-order valence-electron chi connectivity index (χ4n) is 4.48. The Hall–Kier alpha value is -2.58. The van der Waals surface area contributed by atoms with Gasteiger partial charge in [-0.25, -0.2) is 4.79 Å². The fourth-order valence-corrected chi connectivity index (χ4v) is 5.49. The Labute approximate surface area is 201 Å². The molecule has 0 spiro atoms. The van der Waals surface area contributed by atoms with Crippen molar-refractivity contribution in [2.45, 2.75) is 45.3 Å². The molecule has 4 nitrogen and oxygen atoms in total. The lowest BCUT2D eigenvalue weighted by Gasteiger charge is -2.36. The summed E-state index contributed by atoms with van der Waals surface area (Å²) in [4.78, 5) is 14.3. The van der Waals surface area contributed by atoms with E-state index in [1.54, 1.807) is 11.4 Å². The first-order chi connectivity index (χ1) is 15.9. The van der Waals surface area contributed by atoms with E-state index >= 15 is 0 Å². The second-order valence-electron chi connectivity index (χ2n) is 9.98. The lowest BCUT2D eigenvalue weighted by molar-refractivity contribution is -0.137. The highest BCUT2D eigenvalue weighted by Crippen LogP contribution is 2.39. The van der Waals surface area contributed by atoms with Crippen LogP contribution in [0.4, 0.5) is 18.9 Å². The Morgan fingerprint density at radius 2 is 1.94 bits per heavy atom. The van der Waals surface area contributed by atoms with Gasteiger partial charge in [0, 0.05) is 40.8 Å². The number of carboxylic acid groups (broad SMARTS) is 1. The lowest BCUT2D eigenvalue weighted by Crippen LogP contribution is -2.45. The van der Waals surface area contributed by atoms with E-state index in [2.05, 4.69) is 31.0 Å². The maximum absolute atomic E-state index is 13.1. The molecule has 0 aliphatic carbocycles. The molecule has 1 saturated heterocycles. The predicted octanol–water partition coefficient (Wildman–Crippen LogP) is 6.89.